The zero-order chi connectivity index (χ0) is 22.8. The molecule has 3 aromatic rings. The normalized spacial score (nSPS) is 14.2. The van der Waals surface area contributed by atoms with E-state index in [-0.39, 0.29) is 17.7 Å². The molecule has 0 saturated carbocycles. The van der Waals surface area contributed by atoms with E-state index >= 15 is 0 Å². The maximum Gasteiger partial charge on any atom is 0.257 e. The van der Waals surface area contributed by atoms with Gasteiger partial charge in [-0.2, -0.15) is 5.10 Å². The quantitative estimate of drug-likeness (QED) is 0.626. The largest absolute Gasteiger partial charge is 0.339 e. The molecule has 0 atom stereocenters. The minimum absolute atomic E-state index is 0.0299. The number of aryl methyl sites for hydroxylation is 2. The van der Waals surface area contributed by atoms with Crippen LogP contribution < -0.4 is 0 Å². The van der Waals surface area contributed by atoms with E-state index in [1.54, 1.807) is 4.68 Å². The fraction of sp³-hybridized carbons (Fsp3) is 0.346. The first kappa shape index (κ1) is 21.8. The highest BCUT2D eigenvalue weighted by molar-refractivity contribution is 6.00. The van der Waals surface area contributed by atoms with Crippen LogP contribution >= 0.6 is 0 Å². The Morgan fingerprint density at radius 1 is 0.875 bits per heavy atom. The van der Waals surface area contributed by atoms with E-state index in [4.69, 9.17) is 5.10 Å². The van der Waals surface area contributed by atoms with Crippen molar-refractivity contribution in [3.8, 4) is 16.9 Å². The summed E-state index contributed by atoms with van der Waals surface area (Å²) in [5.74, 6) is 0.0691. The molecule has 0 unspecified atom stereocenters. The highest BCUT2D eigenvalue weighted by Crippen LogP contribution is 2.27. The van der Waals surface area contributed by atoms with Gasteiger partial charge < -0.3 is 9.80 Å². The van der Waals surface area contributed by atoms with Gasteiger partial charge in [0.05, 0.1) is 11.3 Å². The SMILES string of the molecule is Cc1ccc(-c2nn(-c3ccccc3)cc2C(=O)N2CCN(C(=O)C(C)C)CC2)cc1C. The van der Waals surface area contributed by atoms with E-state index in [1.807, 2.05) is 66.2 Å². The first-order chi connectivity index (χ1) is 15.3. The Kier molecular flexibility index (Phi) is 6.12. The first-order valence-electron chi connectivity index (χ1n) is 11.2. The molecule has 1 saturated heterocycles. The highest BCUT2D eigenvalue weighted by atomic mass is 16.2. The Labute approximate surface area is 189 Å². The van der Waals surface area contributed by atoms with Crippen LogP contribution in [0.25, 0.3) is 16.9 Å². The van der Waals surface area contributed by atoms with E-state index in [0.717, 1.165) is 16.8 Å². The maximum atomic E-state index is 13.6. The Hall–Kier alpha value is -3.41. The van der Waals surface area contributed by atoms with E-state index in [2.05, 4.69) is 26.0 Å². The smallest absolute Gasteiger partial charge is 0.257 e. The summed E-state index contributed by atoms with van der Waals surface area (Å²) in [6.45, 7) is 10.1. The molecular formula is C26H30N4O2. The van der Waals surface area contributed by atoms with Crippen molar-refractivity contribution in [3.05, 3.63) is 71.4 Å². The summed E-state index contributed by atoms with van der Waals surface area (Å²) in [6, 6.07) is 16.0. The maximum absolute atomic E-state index is 13.6. The fourth-order valence-corrected chi connectivity index (χ4v) is 4.01. The average molecular weight is 431 g/mol. The molecular weight excluding hydrogens is 400 g/mol. The lowest BCUT2D eigenvalue weighted by molar-refractivity contribution is -0.135. The van der Waals surface area contributed by atoms with Crippen molar-refractivity contribution in [2.75, 3.05) is 26.2 Å². The number of amides is 2. The summed E-state index contributed by atoms with van der Waals surface area (Å²) in [5, 5.41) is 4.81. The molecule has 4 rings (SSSR count). The number of para-hydroxylation sites is 1. The molecule has 2 heterocycles. The zero-order valence-corrected chi connectivity index (χ0v) is 19.2. The van der Waals surface area contributed by atoms with Crippen LogP contribution in [0.15, 0.2) is 54.7 Å². The molecule has 1 aromatic heterocycles. The van der Waals surface area contributed by atoms with Crippen molar-refractivity contribution in [3.63, 3.8) is 0 Å². The van der Waals surface area contributed by atoms with Crippen LogP contribution in [0.5, 0.6) is 0 Å². The van der Waals surface area contributed by atoms with Crippen LogP contribution in [-0.4, -0.2) is 57.6 Å². The predicted molar refractivity (Wildman–Crippen MR) is 126 cm³/mol. The number of benzene rings is 2. The molecule has 32 heavy (non-hydrogen) atoms. The highest BCUT2D eigenvalue weighted by Gasteiger charge is 2.29. The van der Waals surface area contributed by atoms with Gasteiger partial charge in [-0.3, -0.25) is 9.59 Å². The van der Waals surface area contributed by atoms with Gasteiger partial charge in [0.25, 0.3) is 5.91 Å². The molecule has 2 amide bonds. The number of rotatable bonds is 4. The lowest BCUT2D eigenvalue weighted by Gasteiger charge is -2.35. The van der Waals surface area contributed by atoms with E-state index in [1.165, 1.54) is 5.56 Å². The van der Waals surface area contributed by atoms with Crippen LogP contribution in [0, 0.1) is 19.8 Å². The second-order valence-electron chi connectivity index (χ2n) is 8.74. The Bertz CT molecular complexity index is 1130. The molecule has 6 nitrogen and oxygen atoms in total. The zero-order valence-electron chi connectivity index (χ0n) is 19.2. The molecule has 0 N–H and O–H groups in total. The standard InChI is InChI=1S/C26H30N4O2/c1-18(2)25(31)28-12-14-29(15-13-28)26(32)23-17-30(22-8-6-5-7-9-22)27-24(23)21-11-10-19(3)20(4)16-21/h5-11,16-18H,12-15H2,1-4H3. The van der Waals surface area contributed by atoms with E-state index < -0.39 is 0 Å². The van der Waals surface area contributed by atoms with Crippen molar-refractivity contribution in [2.45, 2.75) is 27.7 Å². The summed E-state index contributed by atoms with van der Waals surface area (Å²) in [5.41, 5.74) is 5.47. The summed E-state index contributed by atoms with van der Waals surface area (Å²) in [6.07, 6.45) is 1.83. The second kappa shape index (κ2) is 8.99. The molecule has 0 radical (unpaired) electrons. The van der Waals surface area contributed by atoms with E-state index in [9.17, 15) is 9.59 Å². The number of hydrogen-bond acceptors (Lipinski definition) is 3. The number of hydrogen-bond donors (Lipinski definition) is 0. The number of piperazine rings is 1. The van der Waals surface area contributed by atoms with E-state index in [0.29, 0.717) is 37.4 Å². The molecule has 166 valence electrons. The minimum Gasteiger partial charge on any atom is -0.339 e. The second-order valence-corrected chi connectivity index (χ2v) is 8.74. The molecule has 0 bridgehead atoms. The summed E-state index contributed by atoms with van der Waals surface area (Å²) >= 11 is 0. The van der Waals surface area contributed by atoms with Gasteiger partial charge in [0, 0.05) is 43.9 Å². The van der Waals surface area contributed by atoms with Crippen molar-refractivity contribution >= 4 is 11.8 Å². The number of nitrogens with zero attached hydrogens (tertiary/aromatic N) is 4. The van der Waals surface area contributed by atoms with Crippen LogP contribution in [0.2, 0.25) is 0 Å². The third-order valence-electron chi connectivity index (χ3n) is 6.12. The van der Waals surface area contributed by atoms with Crippen LogP contribution in [0.4, 0.5) is 0 Å². The molecule has 0 spiro atoms. The Balaban J connectivity index is 1.66. The van der Waals surface area contributed by atoms with Gasteiger partial charge in [0.2, 0.25) is 5.91 Å². The predicted octanol–water partition coefficient (Wildman–Crippen LogP) is 4.10. The average Bonchev–Trinajstić information content (AvgIpc) is 3.26. The van der Waals surface area contributed by atoms with Gasteiger partial charge in [0.1, 0.15) is 5.69 Å². The molecule has 1 fully saturated rings. The molecule has 1 aliphatic heterocycles. The number of aromatic nitrogens is 2. The molecule has 6 heteroatoms. The van der Waals surface area contributed by atoms with Gasteiger partial charge in [-0.05, 0) is 43.2 Å². The van der Waals surface area contributed by atoms with Gasteiger partial charge in [-0.25, -0.2) is 4.68 Å². The lowest BCUT2D eigenvalue weighted by atomic mass is 10.0. The van der Waals surface area contributed by atoms with Crippen LogP contribution in [-0.2, 0) is 4.79 Å². The number of carbonyl (C=O) groups excluding carboxylic acids is 2. The Morgan fingerprint density at radius 2 is 1.53 bits per heavy atom. The number of carbonyl (C=O) groups is 2. The third-order valence-corrected chi connectivity index (χ3v) is 6.12. The van der Waals surface area contributed by atoms with Crippen molar-refractivity contribution < 1.29 is 9.59 Å². The minimum atomic E-state index is -0.0444. The molecule has 0 aliphatic carbocycles. The van der Waals surface area contributed by atoms with Crippen LogP contribution in [0.3, 0.4) is 0 Å². The molecule has 2 aromatic carbocycles. The first-order valence-corrected chi connectivity index (χ1v) is 11.2. The molecule has 1 aliphatic rings. The van der Waals surface area contributed by atoms with Crippen LogP contribution in [0.1, 0.15) is 35.3 Å². The van der Waals surface area contributed by atoms with Gasteiger partial charge >= 0.3 is 0 Å². The van der Waals surface area contributed by atoms with Crippen molar-refractivity contribution in [1.29, 1.82) is 0 Å². The lowest BCUT2D eigenvalue weighted by Crippen LogP contribution is -2.51. The van der Waals surface area contributed by atoms with Crippen molar-refractivity contribution in [2.24, 2.45) is 5.92 Å². The summed E-state index contributed by atoms with van der Waals surface area (Å²) in [7, 11) is 0. The fourth-order valence-electron chi connectivity index (χ4n) is 4.01. The third kappa shape index (κ3) is 4.31. The summed E-state index contributed by atoms with van der Waals surface area (Å²) in [4.78, 5) is 29.6. The van der Waals surface area contributed by atoms with Crippen molar-refractivity contribution in [1.82, 2.24) is 19.6 Å². The summed E-state index contributed by atoms with van der Waals surface area (Å²) < 4.78 is 1.77. The van der Waals surface area contributed by atoms with Gasteiger partial charge in [-0.1, -0.05) is 44.2 Å². The monoisotopic (exact) mass is 430 g/mol. The topological polar surface area (TPSA) is 58.4 Å². The van der Waals surface area contributed by atoms with Gasteiger partial charge in [-0.15, -0.1) is 0 Å². The Morgan fingerprint density at radius 3 is 2.16 bits per heavy atom. The van der Waals surface area contributed by atoms with Gasteiger partial charge in [0.15, 0.2) is 0 Å².